The van der Waals surface area contributed by atoms with Crippen LogP contribution in [0.2, 0.25) is 0 Å². The second kappa shape index (κ2) is 5.63. The third kappa shape index (κ3) is 2.97. The smallest absolute Gasteiger partial charge is 0.183 e. The molecule has 0 bridgehead atoms. The number of nitrogens with zero attached hydrogens (tertiary/aromatic N) is 1. The Kier molecular flexibility index (Phi) is 4.14. The highest BCUT2D eigenvalue weighted by Crippen LogP contribution is 2.20. The second-order valence-corrected chi connectivity index (χ2v) is 6.14. The van der Waals surface area contributed by atoms with E-state index < -0.39 is 10.8 Å². The number of halogens is 1. The molecule has 18 heavy (non-hydrogen) atoms. The van der Waals surface area contributed by atoms with Gasteiger partial charge in [0.2, 0.25) is 0 Å². The van der Waals surface area contributed by atoms with Crippen LogP contribution >= 0.6 is 15.9 Å². The molecule has 5 heteroatoms. The van der Waals surface area contributed by atoms with E-state index in [1.165, 1.54) is 0 Å². The standard InChI is InChI=1S/C13H12BrNO2S/c1-18(17)13-5-4-10(14)8-11(13)12(16)9-15-6-2-3-7-15/h2-8H,9H2,1H3/t18-/m0/s1. The lowest BCUT2D eigenvalue weighted by atomic mass is 10.1. The van der Waals surface area contributed by atoms with Gasteiger partial charge in [0, 0.05) is 33.6 Å². The van der Waals surface area contributed by atoms with Crippen molar-refractivity contribution in [2.24, 2.45) is 0 Å². The van der Waals surface area contributed by atoms with Crippen LogP contribution in [0.25, 0.3) is 0 Å². The van der Waals surface area contributed by atoms with Crippen LogP contribution < -0.4 is 0 Å². The minimum atomic E-state index is -1.17. The summed E-state index contributed by atoms with van der Waals surface area (Å²) in [5, 5.41) is 0. The Morgan fingerprint density at radius 3 is 2.61 bits per heavy atom. The van der Waals surface area contributed by atoms with E-state index in [9.17, 15) is 9.00 Å². The van der Waals surface area contributed by atoms with Crippen LogP contribution in [0.1, 0.15) is 10.4 Å². The first-order valence-electron chi connectivity index (χ1n) is 5.35. The molecule has 0 spiro atoms. The van der Waals surface area contributed by atoms with Crippen LogP contribution in [-0.4, -0.2) is 20.8 Å². The van der Waals surface area contributed by atoms with Gasteiger partial charge in [0.15, 0.2) is 5.78 Å². The van der Waals surface area contributed by atoms with Crippen LogP contribution in [0.5, 0.6) is 0 Å². The van der Waals surface area contributed by atoms with Crippen LogP contribution in [0.4, 0.5) is 0 Å². The summed E-state index contributed by atoms with van der Waals surface area (Å²) in [7, 11) is -1.17. The summed E-state index contributed by atoms with van der Waals surface area (Å²) >= 11 is 3.33. The lowest BCUT2D eigenvalue weighted by Gasteiger charge is -2.08. The molecular formula is C13H12BrNO2S. The van der Waals surface area contributed by atoms with Crippen molar-refractivity contribution in [1.82, 2.24) is 4.57 Å². The molecule has 2 aromatic rings. The molecule has 3 nitrogen and oxygen atoms in total. The molecular weight excluding hydrogens is 314 g/mol. The Morgan fingerprint density at radius 2 is 2.00 bits per heavy atom. The van der Waals surface area contributed by atoms with E-state index in [1.807, 2.05) is 24.5 Å². The molecule has 0 saturated heterocycles. The Bertz CT molecular complexity index is 593. The average molecular weight is 326 g/mol. The third-order valence-corrected chi connectivity index (χ3v) is 4.01. The Hall–Kier alpha value is -1.20. The number of Topliss-reactive ketones (excluding diaryl/α,β-unsaturated/α-hetero) is 1. The van der Waals surface area contributed by atoms with Gasteiger partial charge in [0.1, 0.15) is 0 Å². The van der Waals surface area contributed by atoms with Gasteiger partial charge in [-0.1, -0.05) is 15.9 Å². The van der Waals surface area contributed by atoms with Gasteiger partial charge in [0.25, 0.3) is 0 Å². The molecule has 1 aromatic carbocycles. The van der Waals surface area contributed by atoms with Crippen molar-refractivity contribution in [2.45, 2.75) is 11.4 Å². The minimum absolute atomic E-state index is 0.0438. The monoisotopic (exact) mass is 325 g/mol. The molecule has 0 aliphatic carbocycles. The van der Waals surface area contributed by atoms with E-state index in [0.29, 0.717) is 10.5 Å². The number of carbonyl (C=O) groups is 1. The molecule has 0 aliphatic heterocycles. The fourth-order valence-corrected chi connectivity index (χ4v) is 2.80. The molecule has 0 saturated carbocycles. The van der Waals surface area contributed by atoms with E-state index in [0.717, 1.165) is 4.47 Å². The number of ketones is 1. The van der Waals surface area contributed by atoms with E-state index in [2.05, 4.69) is 15.9 Å². The van der Waals surface area contributed by atoms with Gasteiger partial charge in [-0.2, -0.15) is 0 Å². The zero-order valence-electron chi connectivity index (χ0n) is 9.80. The summed E-state index contributed by atoms with van der Waals surface area (Å²) in [6.45, 7) is 0.258. The van der Waals surface area contributed by atoms with Crippen molar-refractivity contribution < 1.29 is 9.00 Å². The van der Waals surface area contributed by atoms with Gasteiger partial charge in [-0.3, -0.25) is 9.00 Å². The number of hydrogen-bond acceptors (Lipinski definition) is 2. The van der Waals surface area contributed by atoms with Crippen LogP contribution in [0.15, 0.2) is 52.1 Å². The summed E-state index contributed by atoms with van der Waals surface area (Å²) in [6.07, 6.45) is 5.24. The van der Waals surface area contributed by atoms with Crippen molar-refractivity contribution >= 4 is 32.5 Å². The summed E-state index contributed by atoms with van der Waals surface area (Å²) < 4.78 is 14.2. The number of benzene rings is 1. The molecule has 2 rings (SSSR count). The topological polar surface area (TPSA) is 39.1 Å². The quantitative estimate of drug-likeness (QED) is 0.811. The molecule has 0 radical (unpaired) electrons. The summed E-state index contributed by atoms with van der Waals surface area (Å²) in [5.74, 6) is -0.0438. The lowest BCUT2D eigenvalue weighted by Crippen LogP contribution is -2.11. The van der Waals surface area contributed by atoms with Crippen LogP contribution in [0, 0.1) is 0 Å². The van der Waals surface area contributed by atoms with Gasteiger partial charge in [-0.05, 0) is 30.3 Å². The molecule has 0 aliphatic rings. The number of hydrogen-bond donors (Lipinski definition) is 0. The molecule has 1 heterocycles. The molecule has 0 N–H and O–H groups in total. The molecule has 0 unspecified atom stereocenters. The summed E-state index contributed by atoms with van der Waals surface area (Å²) in [4.78, 5) is 12.8. The maximum absolute atomic E-state index is 12.2. The third-order valence-electron chi connectivity index (χ3n) is 2.54. The summed E-state index contributed by atoms with van der Waals surface area (Å²) in [5.41, 5.74) is 0.513. The number of rotatable bonds is 4. The van der Waals surface area contributed by atoms with Crippen molar-refractivity contribution in [3.8, 4) is 0 Å². The Balaban J connectivity index is 2.34. The zero-order valence-corrected chi connectivity index (χ0v) is 12.2. The Labute approximate surface area is 116 Å². The maximum Gasteiger partial charge on any atom is 0.183 e. The molecule has 0 amide bonds. The molecule has 94 valence electrons. The van der Waals surface area contributed by atoms with Gasteiger partial charge in [-0.25, -0.2) is 0 Å². The Morgan fingerprint density at radius 1 is 1.33 bits per heavy atom. The van der Waals surface area contributed by atoms with Crippen molar-refractivity contribution in [2.75, 3.05) is 6.26 Å². The average Bonchev–Trinajstić information content (AvgIpc) is 2.81. The first kappa shape index (κ1) is 13.2. The van der Waals surface area contributed by atoms with E-state index >= 15 is 0 Å². The van der Waals surface area contributed by atoms with Gasteiger partial charge in [-0.15, -0.1) is 0 Å². The molecule has 0 fully saturated rings. The fourth-order valence-electron chi connectivity index (χ4n) is 1.70. The van der Waals surface area contributed by atoms with Crippen LogP contribution in [0.3, 0.4) is 0 Å². The van der Waals surface area contributed by atoms with E-state index in [4.69, 9.17) is 0 Å². The predicted octanol–water partition coefficient (Wildman–Crippen LogP) is 2.87. The van der Waals surface area contributed by atoms with Crippen molar-refractivity contribution in [3.63, 3.8) is 0 Å². The fraction of sp³-hybridized carbons (Fsp3) is 0.154. The normalized spacial score (nSPS) is 12.3. The molecule has 1 aromatic heterocycles. The predicted molar refractivity (Wildman–Crippen MR) is 75.2 cm³/mol. The van der Waals surface area contributed by atoms with E-state index in [-0.39, 0.29) is 12.3 Å². The second-order valence-electron chi connectivity index (χ2n) is 3.87. The maximum atomic E-state index is 12.2. The van der Waals surface area contributed by atoms with Crippen molar-refractivity contribution in [1.29, 1.82) is 0 Å². The zero-order chi connectivity index (χ0) is 13.1. The highest BCUT2D eigenvalue weighted by Gasteiger charge is 2.14. The SMILES string of the molecule is C[S@](=O)c1ccc(Br)cc1C(=O)Cn1cccc1. The van der Waals surface area contributed by atoms with Crippen LogP contribution in [-0.2, 0) is 17.3 Å². The van der Waals surface area contributed by atoms with E-state index in [1.54, 1.807) is 29.0 Å². The van der Waals surface area contributed by atoms with Gasteiger partial charge >= 0.3 is 0 Å². The highest BCUT2D eigenvalue weighted by molar-refractivity contribution is 9.10. The first-order chi connectivity index (χ1) is 8.58. The first-order valence-corrected chi connectivity index (χ1v) is 7.70. The van der Waals surface area contributed by atoms with Gasteiger partial charge < -0.3 is 4.57 Å². The number of carbonyl (C=O) groups excluding carboxylic acids is 1. The summed E-state index contributed by atoms with van der Waals surface area (Å²) in [6, 6.07) is 8.98. The molecule has 1 atom stereocenters. The number of aromatic nitrogens is 1. The van der Waals surface area contributed by atoms with Crippen molar-refractivity contribution in [3.05, 3.63) is 52.8 Å². The lowest BCUT2D eigenvalue weighted by molar-refractivity contribution is 0.0969. The largest absolute Gasteiger partial charge is 0.347 e. The minimum Gasteiger partial charge on any atom is -0.347 e. The highest BCUT2D eigenvalue weighted by atomic mass is 79.9. The van der Waals surface area contributed by atoms with Gasteiger partial charge in [0.05, 0.1) is 17.3 Å².